The van der Waals surface area contributed by atoms with Crippen LogP contribution in [0.3, 0.4) is 0 Å². The summed E-state index contributed by atoms with van der Waals surface area (Å²) in [4.78, 5) is 0. The van der Waals surface area contributed by atoms with Crippen molar-refractivity contribution in [1.29, 1.82) is 0 Å². The highest BCUT2D eigenvalue weighted by Gasteiger charge is 2.01. The lowest BCUT2D eigenvalue weighted by atomic mass is 10.2. The standard InChI is InChI=1S/C14H13ClO2/c1-10-6-7-13(9-14(10)15)17-12-5-3-4-11(8-12)16-2/h3-9H,1-2H3. The van der Waals surface area contributed by atoms with E-state index < -0.39 is 0 Å². The van der Waals surface area contributed by atoms with Gasteiger partial charge < -0.3 is 9.47 Å². The lowest BCUT2D eigenvalue weighted by Crippen LogP contribution is -1.87. The Labute approximate surface area is 106 Å². The summed E-state index contributed by atoms with van der Waals surface area (Å²) in [7, 11) is 1.63. The van der Waals surface area contributed by atoms with Crippen LogP contribution in [-0.2, 0) is 0 Å². The molecule has 88 valence electrons. The van der Waals surface area contributed by atoms with Gasteiger partial charge in [0.25, 0.3) is 0 Å². The van der Waals surface area contributed by atoms with Crippen molar-refractivity contribution in [3.8, 4) is 17.2 Å². The molecule has 0 bridgehead atoms. The number of methoxy groups -OCH3 is 1. The molecule has 0 atom stereocenters. The van der Waals surface area contributed by atoms with Crippen molar-refractivity contribution in [2.75, 3.05) is 7.11 Å². The van der Waals surface area contributed by atoms with Gasteiger partial charge in [-0.2, -0.15) is 0 Å². The Morgan fingerprint density at radius 2 is 1.65 bits per heavy atom. The Kier molecular flexibility index (Phi) is 3.55. The smallest absolute Gasteiger partial charge is 0.131 e. The quantitative estimate of drug-likeness (QED) is 0.799. The minimum absolute atomic E-state index is 0.699. The summed E-state index contributed by atoms with van der Waals surface area (Å²) in [6, 6.07) is 13.1. The molecule has 2 aromatic rings. The molecule has 17 heavy (non-hydrogen) atoms. The van der Waals surface area contributed by atoms with Crippen LogP contribution in [0.25, 0.3) is 0 Å². The van der Waals surface area contributed by atoms with Gasteiger partial charge in [-0.3, -0.25) is 0 Å². The molecular formula is C14H13ClO2. The third-order valence-corrected chi connectivity index (χ3v) is 2.83. The van der Waals surface area contributed by atoms with Gasteiger partial charge in [0.05, 0.1) is 7.11 Å². The van der Waals surface area contributed by atoms with Crippen molar-refractivity contribution in [1.82, 2.24) is 0 Å². The SMILES string of the molecule is COc1cccc(Oc2ccc(C)c(Cl)c2)c1. The van der Waals surface area contributed by atoms with E-state index in [1.807, 2.05) is 43.3 Å². The molecule has 2 rings (SSSR count). The topological polar surface area (TPSA) is 18.5 Å². The zero-order chi connectivity index (χ0) is 12.3. The molecule has 0 aromatic heterocycles. The largest absolute Gasteiger partial charge is 0.497 e. The first-order chi connectivity index (χ1) is 8.19. The number of ether oxygens (including phenoxy) is 2. The summed E-state index contributed by atoms with van der Waals surface area (Å²) in [5.74, 6) is 2.21. The molecule has 0 saturated heterocycles. The maximum absolute atomic E-state index is 6.03. The summed E-state index contributed by atoms with van der Waals surface area (Å²) < 4.78 is 10.8. The molecule has 0 radical (unpaired) electrons. The number of hydrogen-bond donors (Lipinski definition) is 0. The van der Waals surface area contributed by atoms with Crippen LogP contribution >= 0.6 is 11.6 Å². The molecule has 0 fully saturated rings. The van der Waals surface area contributed by atoms with Gasteiger partial charge in [0.15, 0.2) is 0 Å². The molecule has 0 spiro atoms. The number of hydrogen-bond acceptors (Lipinski definition) is 2. The third kappa shape index (κ3) is 2.92. The van der Waals surface area contributed by atoms with E-state index in [0.717, 1.165) is 17.1 Å². The van der Waals surface area contributed by atoms with Crippen molar-refractivity contribution in [2.24, 2.45) is 0 Å². The fourth-order valence-corrected chi connectivity index (χ4v) is 1.61. The molecule has 2 aromatic carbocycles. The highest BCUT2D eigenvalue weighted by atomic mass is 35.5. The van der Waals surface area contributed by atoms with Gasteiger partial charge in [0.2, 0.25) is 0 Å². The van der Waals surface area contributed by atoms with Gasteiger partial charge in [-0.05, 0) is 36.8 Å². The van der Waals surface area contributed by atoms with E-state index in [0.29, 0.717) is 10.8 Å². The highest BCUT2D eigenvalue weighted by molar-refractivity contribution is 6.31. The third-order valence-electron chi connectivity index (χ3n) is 2.42. The van der Waals surface area contributed by atoms with E-state index in [-0.39, 0.29) is 0 Å². The lowest BCUT2D eigenvalue weighted by Gasteiger charge is -2.08. The Balaban J connectivity index is 2.22. The Bertz CT molecular complexity index is 523. The first-order valence-electron chi connectivity index (χ1n) is 5.27. The predicted molar refractivity (Wildman–Crippen MR) is 69.3 cm³/mol. The summed E-state index contributed by atoms with van der Waals surface area (Å²) in [6.45, 7) is 1.96. The van der Waals surface area contributed by atoms with Gasteiger partial charge in [-0.15, -0.1) is 0 Å². The normalized spacial score (nSPS) is 10.1. The summed E-state index contributed by atoms with van der Waals surface area (Å²) in [6.07, 6.45) is 0. The van der Waals surface area contributed by atoms with Gasteiger partial charge in [-0.25, -0.2) is 0 Å². The fraction of sp³-hybridized carbons (Fsp3) is 0.143. The van der Waals surface area contributed by atoms with Crippen molar-refractivity contribution in [3.63, 3.8) is 0 Å². The van der Waals surface area contributed by atoms with Crippen molar-refractivity contribution in [2.45, 2.75) is 6.92 Å². The number of halogens is 1. The lowest BCUT2D eigenvalue weighted by molar-refractivity contribution is 0.409. The van der Waals surface area contributed by atoms with Crippen molar-refractivity contribution in [3.05, 3.63) is 53.1 Å². The van der Waals surface area contributed by atoms with E-state index in [4.69, 9.17) is 21.1 Å². The van der Waals surface area contributed by atoms with E-state index in [2.05, 4.69) is 0 Å². The average molecular weight is 249 g/mol. The Morgan fingerprint density at radius 3 is 2.35 bits per heavy atom. The molecule has 0 aliphatic rings. The van der Waals surface area contributed by atoms with Gasteiger partial charge in [0, 0.05) is 11.1 Å². The van der Waals surface area contributed by atoms with E-state index in [9.17, 15) is 0 Å². The zero-order valence-electron chi connectivity index (χ0n) is 9.74. The number of aryl methyl sites for hydroxylation is 1. The van der Waals surface area contributed by atoms with Crippen LogP contribution in [0, 0.1) is 6.92 Å². The fourth-order valence-electron chi connectivity index (χ4n) is 1.44. The average Bonchev–Trinajstić information content (AvgIpc) is 2.34. The molecule has 0 N–H and O–H groups in total. The molecule has 3 heteroatoms. The molecule has 0 saturated carbocycles. The maximum atomic E-state index is 6.03. The summed E-state index contributed by atoms with van der Waals surface area (Å²) in [5.41, 5.74) is 1.03. The minimum atomic E-state index is 0.699. The molecule has 0 aliphatic heterocycles. The van der Waals surface area contributed by atoms with Crippen LogP contribution in [0.2, 0.25) is 5.02 Å². The molecule has 0 amide bonds. The van der Waals surface area contributed by atoms with E-state index in [1.54, 1.807) is 13.2 Å². The first-order valence-corrected chi connectivity index (χ1v) is 5.65. The minimum Gasteiger partial charge on any atom is -0.497 e. The molecular weight excluding hydrogens is 236 g/mol. The van der Waals surface area contributed by atoms with Crippen LogP contribution in [0.15, 0.2) is 42.5 Å². The predicted octanol–water partition coefficient (Wildman–Crippen LogP) is 4.45. The summed E-state index contributed by atoms with van der Waals surface area (Å²) >= 11 is 6.03. The Morgan fingerprint density at radius 1 is 0.941 bits per heavy atom. The van der Waals surface area contributed by atoms with E-state index >= 15 is 0 Å². The van der Waals surface area contributed by atoms with Crippen LogP contribution in [0.4, 0.5) is 0 Å². The molecule has 0 heterocycles. The van der Waals surface area contributed by atoms with E-state index in [1.165, 1.54) is 0 Å². The van der Waals surface area contributed by atoms with Crippen molar-refractivity contribution >= 4 is 11.6 Å². The number of benzene rings is 2. The molecule has 0 unspecified atom stereocenters. The second-order valence-corrected chi connectivity index (χ2v) is 4.10. The highest BCUT2D eigenvalue weighted by Crippen LogP contribution is 2.28. The zero-order valence-corrected chi connectivity index (χ0v) is 10.5. The van der Waals surface area contributed by atoms with Crippen LogP contribution in [0.5, 0.6) is 17.2 Å². The monoisotopic (exact) mass is 248 g/mol. The Hall–Kier alpha value is -1.67. The van der Waals surface area contributed by atoms with Crippen molar-refractivity contribution < 1.29 is 9.47 Å². The second kappa shape index (κ2) is 5.11. The van der Waals surface area contributed by atoms with Crippen LogP contribution < -0.4 is 9.47 Å². The molecule has 0 aliphatic carbocycles. The second-order valence-electron chi connectivity index (χ2n) is 3.69. The van der Waals surface area contributed by atoms with Crippen LogP contribution in [0.1, 0.15) is 5.56 Å². The van der Waals surface area contributed by atoms with Gasteiger partial charge in [0.1, 0.15) is 17.2 Å². The van der Waals surface area contributed by atoms with Gasteiger partial charge in [-0.1, -0.05) is 23.7 Å². The first kappa shape index (κ1) is 11.8. The summed E-state index contributed by atoms with van der Waals surface area (Å²) in [5, 5.41) is 0.699. The van der Waals surface area contributed by atoms with Gasteiger partial charge >= 0.3 is 0 Å². The number of rotatable bonds is 3. The van der Waals surface area contributed by atoms with Crippen LogP contribution in [-0.4, -0.2) is 7.11 Å². The molecule has 2 nitrogen and oxygen atoms in total. The maximum Gasteiger partial charge on any atom is 0.131 e.